The van der Waals surface area contributed by atoms with Gasteiger partial charge in [0.05, 0.1) is 13.1 Å². The van der Waals surface area contributed by atoms with Crippen LogP contribution in [-0.4, -0.2) is 55.8 Å². The molecule has 0 aliphatic heterocycles. The molecule has 0 bridgehead atoms. The molecule has 0 heterocycles. The van der Waals surface area contributed by atoms with Crippen molar-refractivity contribution < 1.29 is 9.59 Å². The minimum Gasteiger partial charge on any atom is -0.348 e. The lowest BCUT2D eigenvalue weighted by molar-refractivity contribution is -0.130. The molecule has 0 saturated heterocycles. The van der Waals surface area contributed by atoms with E-state index in [1.54, 1.807) is 26.0 Å². The Hall–Kier alpha value is -1.40. The molecule has 0 aliphatic carbocycles. The van der Waals surface area contributed by atoms with Crippen LogP contribution in [0.5, 0.6) is 0 Å². The van der Waals surface area contributed by atoms with Crippen molar-refractivity contribution in [3.05, 3.63) is 28.2 Å². The van der Waals surface area contributed by atoms with Gasteiger partial charge in [-0.2, -0.15) is 0 Å². The second-order valence-electron chi connectivity index (χ2n) is 4.97. The Bertz CT molecular complexity index is 503. The summed E-state index contributed by atoms with van der Waals surface area (Å²) in [6.45, 7) is 2.37. The normalized spacial score (nSPS) is 10.5. The number of aryl methyl sites for hydroxylation is 1. The maximum atomic E-state index is 11.9. The summed E-state index contributed by atoms with van der Waals surface area (Å²) in [6, 6.07) is 5.64. The van der Waals surface area contributed by atoms with Gasteiger partial charge in [-0.05, 0) is 31.7 Å². The molecule has 6 heteroatoms. The van der Waals surface area contributed by atoms with Crippen LogP contribution in [0.25, 0.3) is 0 Å². The maximum absolute atomic E-state index is 11.9. The highest BCUT2D eigenvalue weighted by atomic mass is 79.9. The Morgan fingerprint density at radius 2 is 1.85 bits per heavy atom. The maximum Gasteiger partial charge on any atom is 0.238 e. The first kappa shape index (κ1) is 16.7. The van der Waals surface area contributed by atoms with Crippen LogP contribution in [0.15, 0.2) is 22.7 Å². The SMILES string of the molecule is Cc1ccc(NC(=O)CN(C)CC(=O)N(C)C)cc1Br. The number of benzene rings is 1. The lowest BCUT2D eigenvalue weighted by atomic mass is 10.2. The van der Waals surface area contributed by atoms with Gasteiger partial charge >= 0.3 is 0 Å². The van der Waals surface area contributed by atoms with Crippen molar-refractivity contribution in [3.63, 3.8) is 0 Å². The summed E-state index contributed by atoms with van der Waals surface area (Å²) in [6.07, 6.45) is 0. The van der Waals surface area contributed by atoms with E-state index in [1.165, 1.54) is 4.90 Å². The Labute approximate surface area is 128 Å². The quantitative estimate of drug-likeness (QED) is 0.887. The molecule has 110 valence electrons. The van der Waals surface area contributed by atoms with Crippen molar-refractivity contribution in [1.82, 2.24) is 9.80 Å². The second-order valence-corrected chi connectivity index (χ2v) is 5.83. The summed E-state index contributed by atoms with van der Waals surface area (Å²) in [7, 11) is 5.13. The number of rotatable bonds is 5. The highest BCUT2D eigenvalue weighted by molar-refractivity contribution is 9.10. The van der Waals surface area contributed by atoms with Crippen LogP contribution >= 0.6 is 15.9 Å². The Morgan fingerprint density at radius 3 is 2.40 bits per heavy atom. The van der Waals surface area contributed by atoms with Gasteiger partial charge in [-0.15, -0.1) is 0 Å². The molecule has 5 nitrogen and oxygen atoms in total. The highest BCUT2D eigenvalue weighted by Gasteiger charge is 2.12. The number of likely N-dealkylation sites (N-methyl/N-ethyl adjacent to an activating group) is 2. The predicted octanol–water partition coefficient (Wildman–Crippen LogP) is 1.72. The first-order chi connectivity index (χ1) is 9.29. The molecule has 1 aromatic carbocycles. The summed E-state index contributed by atoms with van der Waals surface area (Å²) in [5.41, 5.74) is 1.84. The molecule has 0 unspecified atom stereocenters. The Kier molecular flexibility index (Phi) is 6.16. The molecule has 0 aliphatic rings. The fourth-order valence-electron chi connectivity index (χ4n) is 1.54. The largest absolute Gasteiger partial charge is 0.348 e. The zero-order chi connectivity index (χ0) is 15.3. The van der Waals surface area contributed by atoms with E-state index in [0.717, 1.165) is 15.7 Å². The molecule has 0 aromatic heterocycles. The Balaban J connectivity index is 2.50. The smallest absolute Gasteiger partial charge is 0.238 e. The molecule has 1 aromatic rings. The van der Waals surface area contributed by atoms with Gasteiger partial charge in [0.15, 0.2) is 0 Å². The molecule has 1 rings (SSSR count). The van der Waals surface area contributed by atoms with Gasteiger partial charge in [-0.3, -0.25) is 14.5 Å². The molecule has 0 fully saturated rings. The average molecular weight is 342 g/mol. The highest BCUT2D eigenvalue weighted by Crippen LogP contribution is 2.20. The summed E-state index contributed by atoms with van der Waals surface area (Å²) in [5, 5.41) is 2.81. The lowest BCUT2D eigenvalue weighted by Crippen LogP contribution is -2.38. The summed E-state index contributed by atoms with van der Waals surface area (Å²) in [4.78, 5) is 26.6. The topological polar surface area (TPSA) is 52.7 Å². The van der Waals surface area contributed by atoms with Crippen molar-refractivity contribution in [2.75, 3.05) is 39.5 Å². The molecule has 20 heavy (non-hydrogen) atoms. The molecule has 0 saturated carbocycles. The van der Waals surface area contributed by atoms with Crippen LogP contribution in [0, 0.1) is 6.92 Å². The molecule has 0 atom stereocenters. The fourth-order valence-corrected chi connectivity index (χ4v) is 1.92. The van der Waals surface area contributed by atoms with Crippen LogP contribution in [0.4, 0.5) is 5.69 Å². The van der Waals surface area contributed by atoms with E-state index in [-0.39, 0.29) is 24.9 Å². The molecular weight excluding hydrogens is 322 g/mol. The third-order valence-corrected chi connectivity index (χ3v) is 3.63. The van der Waals surface area contributed by atoms with Crippen molar-refractivity contribution >= 4 is 33.4 Å². The van der Waals surface area contributed by atoms with Gasteiger partial charge in [0.1, 0.15) is 0 Å². The van der Waals surface area contributed by atoms with Crippen molar-refractivity contribution in [1.29, 1.82) is 0 Å². The summed E-state index contributed by atoms with van der Waals surface area (Å²) in [5.74, 6) is -0.173. The number of carbonyl (C=O) groups excluding carboxylic acids is 2. The van der Waals surface area contributed by atoms with E-state index >= 15 is 0 Å². The second kappa shape index (κ2) is 7.40. The number of carbonyl (C=O) groups is 2. The summed E-state index contributed by atoms with van der Waals surface area (Å²) >= 11 is 3.42. The van der Waals surface area contributed by atoms with Gasteiger partial charge < -0.3 is 10.2 Å². The summed E-state index contributed by atoms with van der Waals surface area (Å²) < 4.78 is 0.950. The van der Waals surface area contributed by atoms with E-state index < -0.39 is 0 Å². The molecule has 2 amide bonds. The van der Waals surface area contributed by atoms with Gasteiger partial charge in [0.2, 0.25) is 11.8 Å². The predicted molar refractivity (Wildman–Crippen MR) is 83.7 cm³/mol. The van der Waals surface area contributed by atoms with Crippen LogP contribution in [-0.2, 0) is 9.59 Å². The van der Waals surface area contributed by atoms with Gasteiger partial charge in [-0.1, -0.05) is 22.0 Å². The molecule has 0 spiro atoms. The lowest BCUT2D eigenvalue weighted by Gasteiger charge is -2.18. The van der Waals surface area contributed by atoms with Crippen molar-refractivity contribution in [3.8, 4) is 0 Å². The van der Waals surface area contributed by atoms with Crippen LogP contribution < -0.4 is 5.32 Å². The minimum atomic E-state index is -0.144. The fraction of sp³-hybridized carbons (Fsp3) is 0.429. The van der Waals surface area contributed by atoms with Gasteiger partial charge in [0.25, 0.3) is 0 Å². The van der Waals surface area contributed by atoms with Crippen molar-refractivity contribution in [2.24, 2.45) is 0 Å². The Morgan fingerprint density at radius 1 is 1.20 bits per heavy atom. The number of hydrogen-bond acceptors (Lipinski definition) is 3. The third kappa shape index (κ3) is 5.30. The zero-order valence-corrected chi connectivity index (χ0v) is 13.8. The monoisotopic (exact) mass is 341 g/mol. The van der Waals surface area contributed by atoms with Gasteiger partial charge in [0, 0.05) is 24.3 Å². The van der Waals surface area contributed by atoms with Crippen LogP contribution in [0.2, 0.25) is 0 Å². The number of nitrogens with zero attached hydrogens (tertiary/aromatic N) is 2. The van der Waals surface area contributed by atoms with E-state index in [0.29, 0.717) is 0 Å². The molecule has 0 radical (unpaired) electrons. The average Bonchev–Trinajstić information content (AvgIpc) is 2.33. The van der Waals surface area contributed by atoms with Crippen molar-refractivity contribution in [2.45, 2.75) is 6.92 Å². The third-order valence-electron chi connectivity index (χ3n) is 2.77. The van der Waals surface area contributed by atoms with E-state index in [9.17, 15) is 9.59 Å². The molecule has 1 N–H and O–H groups in total. The standard InChI is InChI=1S/C14H20BrN3O2/c1-10-5-6-11(7-12(10)15)16-13(19)8-18(4)9-14(20)17(2)3/h5-7H,8-9H2,1-4H3,(H,16,19). The number of nitrogens with one attached hydrogen (secondary N) is 1. The number of amides is 2. The zero-order valence-electron chi connectivity index (χ0n) is 12.2. The van der Waals surface area contributed by atoms with E-state index in [1.807, 2.05) is 25.1 Å². The molecular formula is C14H20BrN3O2. The van der Waals surface area contributed by atoms with E-state index in [4.69, 9.17) is 0 Å². The number of hydrogen-bond donors (Lipinski definition) is 1. The first-order valence-corrected chi connectivity index (χ1v) is 7.03. The van der Waals surface area contributed by atoms with Gasteiger partial charge in [-0.25, -0.2) is 0 Å². The minimum absolute atomic E-state index is 0.0293. The van der Waals surface area contributed by atoms with Crippen LogP contribution in [0.3, 0.4) is 0 Å². The van der Waals surface area contributed by atoms with Crippen LogP contribution in [0.1, 0.15) is 5.56 Å². The number of anilines is 1. The number of halogens is 1. The first-order valence-electron chi connectivity index (χ1n) is 6.24. The van der Waals surface area contributed by atoms with E-state index in [2.05, 4.69) is 21.2 Å².